The third-order valence-electron chi connectivity index (χ3n) is 5.17. The third kappa shape index (κ3) is 3.55. The van der Waals surface area contributed by atoms with E-state index < -0.39 is 0 Å². The predicted molar refractivity (Wildman–Crippen MR) is 107 cm³/mol. The fraction of sp³-hybridized carbons (Fsp3) is 0.474. The fourth-order valence-corrected chi connectivity index (χ4v) is 3.90. The van der Waals surface area contributed by atoms with Crippen molar-refractivity contribution in [3.05, 3.63) is 39.8 Å². The molecule has 1 unspecified atom stereocenters. The number of amides is 1. The first-order chi connectivity index (χ1) is 12.5. The number of imidazole rings is 1. The number of hydrogen-bond acceptors (Lipinski definition) is 3. The first-order valence-electron chi connectivity index (χ1n) is 9.01. The zero-order valence-corrected chi connectivity index (χ0v) is 16.8. The highest BCUT2D eigenvalue weighted by Gasteiger charge is 2.31. The Labute approximate surface area is 164 Å². The molecule has 7 heteroatoms. The van der Waals surface area contributed by atoms with E-state index >= 15 is 0 Å². The second kappa shape index (κ2) is 7.89. The first-order valence-corrected chi connectivity index (χ1v) is 9.77. The van der Waals surface area contributed by atoms with Gasteiger partial charge in [0.1, 0.15) is 5.82 Å². The van der Waals surface area contributed by atoms with Crippen molar-refractivity contribution in [1.29, 1.82) is 0 Å². The van der Waals surface area contributed by atoms with Crippen LogP contribution < -0.4 is 10.6 Å². The van der Waals surface area contributed by atoms with E-state index in [2.05, 4.69) is 29.0 Å². The molecule has 0 radical (unpaired) electrons. The Balaban J connectivity index is 2.06. The molecule has 1 aliphatic rings. The van der Waals surface area contributed by atoms with Gasteiger partial charge < -0.3 is 15.2 Å². The van der Waals surface area contributed by atoms with Crippen molar-refractivity contribution in [2.45, 2.75) is 45.6 Å². The largest absolute Gasteiger partial charge is 0.354 e. The minimum absolute atomic E-state index is 0.157. The number of carbonyl (C=O) groups is 1. The van der Waals surface area contributed by atoms with E-state index in [4.69, 9.17) is 28.2 Å². The number of nitrogens with one attached hydrogen (secondary N) is 2. The average Bonchev–Trinajstić information content (AvgIpc) is 2.93. The third-order valence-corrected chi connectivity index (χ3v) is 5.71. The highest BCUT2D eigenvalue weighted by atomic mass is 35.5. The molecule has 5 nitrogen and oxygen atoms in total. The van der Waals surface area contributed by atoms with Gasteiger partial charge in [-0.2, -0.15) is 0 Å². The lowest BCUT2D eigenvalue weighted by Gasteiger charge is -2.33. The molecule has 0 spiro atoms. The molecule has 0 saturated heterocycles. The molecule has 1 heterocycles. The van der Waals surface area contributed by atoms with Crippen LogP contribution in [0.25, 0.3) is 0 Å². The van der Waals surface area contributed by atoms with Gasteiger partial charge in [0, 0.05) is 24.5 Å². The van der Waals surface area contributed by atoms with E-state index in [1.807, 2.05) is 0 Å². The van der Waals surface area contributed by atoms with Crippen LogP contribution in [0.15, 0.2) is 18.2 Å². The Morgan fingerprint density at radius 1 is 1.38 bits per heavy atom. The topological polar surface area (TPSA) is 59.0 Å². The lowest BCUT2D eigenvalue weighted by Crippen LogP contribution is -2.29. The zero-order valence-electron chi connectivity index (χ0n) is 15.3. The molecule has 1 fully saturated rings. The molecule has 26 heavy (non-hydrogen) atoms. The summed E-state index contributed by atoms with van der Waals surface area (Å²) in [5.41, 5.74) is 1.22. The number of aromatic nitrogens is 2. The molecule has 140 valence electrons. The van der Waals surface area contributed by atoms with E-state index in [0.29, 0.717) is 33.2 Å². The number of halogens is 2. The van der Waals surface area contributed by atoms with Gasteiger partial charge in [0.2, 0.25) is 0 Å². The molecule has 3 rings (SSSR count). The van der Waals surface area contributed by atoms with Gasteiger partial charge in [0.15, 0.2) is 11.5 Å². The summed E-state index contributed by atoms with van der Waals surface area (Å²) in [4.78, 5) is 17.4. The van der Waals surface area contributed by atoms with Gasteiger partial charge in [0.25, 0.3) is 5.91 Å². The summed E-state index contributed by atoms with van der Waals surface area (Å²) in [6, 6.07) is 5.44. The van der Waals surface area contributed by atoms with Crippen LogP contribution in [-0.2, 0) is 6.42 Å². The number of anilines is 2. The Bertz CT molecular complexity index is 814. The molecule has 0 bridgehead atoms. The number of hydrogen-bond donors (Lipinski definition) is 2. The number of benzene rings is 1. The highest BCUT2D eigenvalue weighted by molar-refractivity contribution is 6.36. The maximum atomic E-state index is 12.7. The van der Waals surface area contributed by atoms with Crippen LogP contribution >= 0.6 is 23.2 Å². The van der Waals surface area contributed by atoms with Crippen LogP contribution in [0.4, 0.5) is 11.5 Å². The summed E-state index contributed by atoms with van der Waals surface area (Å²) in [7, 11) is 1.64. The normalized spacial score (nSPS) is 15.4. The van der Waals surface area contributed by atoms with Gasteiger partial charge in [-0.25, -0.2) is 4.98 Å². The standard InChI is InChI=1S/C19H24Cl2N4O/c1-4-16-24-18(23-15-9-8-13(20)10-14(15)21)17(19(26)22-3)25(16)11(2)12-6-5-7-12/h8-12,23H,4-7H2,1-3H3,(H,22,26). The Kier molecular flexibility index (Phi) is 5.78. The Hall–Kier alpha value is -1.72. The summed E-state index contributed by atoms with van der Waals surface area (Å²) < 4.78 is 2.09. The summed E-state index contributed by atoms with van der Waals surface area (Å²) in [6.45, 7) is 4.23. The lowest BCUT2D eigenvalue weighted by molar-refractivity contribution is 0.0947. The molecular formula is C19H24Cl2N4O. The maximum Gasteiger partial charge on any atom is 0.271 e. The van der Waals surface area contributed by atoms with Crippen LogP contribution in [0.1, 0.15) is 55.5 Å². The molecule has 1 aromatic heterocycles. The van der Waals surface area contributed by atoms with Gasteiger partial charge in [-0.1, -0.05) is 36.5 Å². The van der Waals surface area contributed by atoms with Crippen molar-refractivity contribution in [3.63, 3.8) is 0 Å². The van der Waals surface area contributed by atoms with Crippen molar-refractivity contribution in [2.75, 3.05) is 12.4 Å². The van der Waals surface area contributed by atoms with E-state index in [1.54, 1.807) is 25.2 Å². The maximum absolute atomic E-state index is 12.7. The van der Waals surface area contributed by atoms with Gasteiger partial charge in [-0.15, -0.1) is 0 Å². The smallest absolute Gasteiger partial charge is 0.271 e. The second-order valence-electron chi connectivity index (χ2n) is 6.71. The average molecular weight is 395 g/mol. The summed E-state index contributed by atoms with van der Waals surface area (Å²) >= 11 is 12.3. The van der Waals surface area contributed by atoms with Crippen molar-refractivity contribution in [1.82, 2.24) is 14.9 Å². The number of nitrogens with zero attached hydrogens (tertiary/aromatic N) is 2. The van der Waals surface area contributed by atoms with Gasteiger partial charge in [-0.3, -0.25) is 4.79 Å². The van der Waals surface area contributed by atoms with Crippen LogP contribution in [0.3, 0.4) is 0 Å². The fourth-order valence-electron chi connectivity index (χ4n) is 3.44. The molecule has 2 N–H and O–H groups in total. The number of rotatable bonds is 6. The van der Waals surface area contributed by atoms with Gasteiger partial charge >= 0.3 is 0 Å². The zero-order chi connectivity index (χ0) is 18.8. The highest BCUT2D eigenvalue weighted by Crippen LogP contribution is 2.39. The van der Waals surface area contributed by atoms with E-state index in [1.165, 1.54) is 19.3 Å². The summed E-state index contributed by atoms with van der Waals surface area (Å²) in [5, 5.41) is 7.02. The molecule has 0 aliphatic heterocycles. The molecule has 1 atom stereocenters. The van der Waals surface area contributed by atoms with Crippen LogP contribution in [0.2, 0.25) is 10.0 Å². The van der Waals surface area contributed by atoms with Crippen molar-refractivity contribution in [2.24, 2.45) is 5.92 Å². The summed E-state index contributed by atoms with van der Waals surface area (Å²) in [6.07, 6.45) is 4.39. The molecule has 1 amide bonds. The van der Waals surface area contributed by atoms with Gasteiger partial charge in [-0.05, 0) is 43.9 Å². The van der Waals surface area contributed by atoms with Crippen LogP contribution in [0, 0.1) is 5.92 Å². The van der Waals surface area contributed by atoms with Crippen molar-refractivity contribution < 1.29 is 4.79 Å². The lowest BCUT2D eigenvalue weighted by atomic mass is 9.80. The van der Waals surface area contributed by atoms with Gasteiger partial charge in [0.05, 0.1) is 10.7 Å². The minimum atomic E-state index is -0.157. The van der Waals surface area contributed by atoms with Crippen molar-refractivity contribution >= 4 is 40.6 Å². The minimum Gasteiger partial charge on any atom is -0.354 e. The molecular weight excluding hydrogens is 371 g/mol. The second-order valence-corrected chi connectivity index (χ2v) is 7.55. The van der Waals surface area contributed by atoms with Crippen LogP contribution in [-0.4, -0.2) is 22.5 Å². The van der Waals surface area contributed by atoms with E-state index in [0.717, 1.165) is 12.2 Å². The predicted octanol–water partition coefficient (Wildman–Crippen LogP) is 5.22. The molecule has 1 aromatic carbocycles. The van der Waals surface area contributed by atoms with E-state index in [9.17, 15) is 4.79 Å². The molecule has 2 aromatic rings. The Morgan fingerprint density at radius 2 is 2.12 bits per heavy atom. The van der Waals surface area contributed by atoms with Crippen LogP contribution in [0.5, 0.6) is 0 Å². The molecule has 1 aliphatic carbocycles. The number of aryl methyl sites for hydroxylation is 1. The first kappa shape index (κ1) is 19.1. The SMILES string of the molecule is CCc1nc(Nc2ccc(Cl)cc2Cl)c(C(=O)NC)n1C(C)C1CCC1. The van der Waals surface area contributed by atoms with Crippen molar-refractivity contribution in [3.8, 4) is 0 Å². The molecule has 1 saturated carbocycles. The summed E-state index contributed by atoms with van der Waals surface area (Å²) in [5.74, 6) is 1.85. The quantitative estimate of drug-likeness (QED) is 0.705. The number of carbonyl (C=O) groups excluding carboxylic acids is 1. The monoisotopic (exact) mass is 394 g/mol. The Morgan fingerprint density at radius 3 is 2.65 bits per heavy atom. The van der Waals surface area contributed by atoms with E-state index in [-0.39, 0.29) is 11.9 Å².